The highest BCUT2D eigenvalue weighted by molar-refractivity contribution is 5.91. The van der Waals surface area contributed by atoms with Crippen LogP contribution in [0.1, 0.15) is 24.5 Å². The van der Waals surface area contributed by atoms with Gasteiger partial charge in [0, 0.05) is 18.4 Å². The molecule has 3 unspecified atom stereocenters. The number of aromatic nitrogens is 3. The molecule has 0 radical (unpaired) electrons. The van der Waals surface area contributed by atoms with Crippen molar-refractivity contribution in [2.45, 2.75) is 36.8 Å². The fourth-order valence-electron chi connectivity index (χ4n) is 4.34. The van der Waals surface area contributed by atoms with E-state index in [0.29, 0.717) is 0 Å². The monoisotopic (exact) mass is 508 g/mol. The third kappa shape index (κ3) is 4.33. The van der Waals surface area contributed by atoms with Crippen molar-refractivity contribution < 1.29 is 32.6 Å². The van der Waals surface area contributed by atoms with Crippen LogP contribution >= 0.6 is 0 Å². The smallest absolute Gasteiger partial charge is 0.418 e. The lowest BCUT2D eigenvalue weighted by molar-refractivity contribution is -0.206. The van der Waals surface area contributed by atoms with Crippen LogP contribution in [-0.2, 0) is 5.54 Å². The Kier molecular flexibility index (Phi) is 6.35. The second-order valence-corrected chi connectivity index (χ2v) is 8.40. The summed E-state index contributed by atoms with van der Waals surface area (Å²) in [4.78, 5) is 27.4. The lowest BCUT2D eigenvalue weighted by atomic mass is 9.83. The number of nitriles is 1. The van der Waals surface area contributed by atoms with Gasteiger partial charge in [0.05, 0.1) is 24.6 Å². The molecule has 4 rings (SSSR count). The minimum Gasteiger partial charge on any atom is -0.465 e. The number of hydrogen-bond donors (Lipinski definition) is 4. The number of nitrogens with zero attached hydrogens (tertiary/aromatic N) is 4. The van der Waals surface area contributed by atoms with Gasteiger partial charge >= 0.3 is 12.3 Å². The third-order valence-electron chi connectivity index (χ3n) is 6.26. The second kappa shape index (κ2) is 9.15. The molecule has 14 heteroatoms. The van der Waals surface area contributed by atoms with Crippen LogP contribution in [0.25, 0.3) is 10.9 Å². The number of carbonyl (C=O) groups is 1. The highest BCUT2D eigenvalue weighted by Gasteiger charge is 2.48. The standard InChI is InChI=1S/C22H20F4N6O4/c23-15-11-31(20(35)36)10-7-21(15,6-8-27)32-14-5-9-28-19(34)16(14)18(30-32)29-13-3-1-12(2-4-13)17(33)22(24,25)26/h1-5,9,15,17,33H,6-7,10-11H2,(H,28,34)(H,29,30)(H,35,36). The van der Waals surface area contributed by atoms with Gasteiger partial charge in [-0.15, -0.1) is 0 Å². The number of halogens is 4. The predicted octanol–water partition coefficient (Wildman–Crippen LogP) is 3.39. The van der Waals surface area contributed by atoms with Gasteiger partial charge in [-0.25, -0.2) is 9.18 Å². The second-order valence-electron chi connectivity index (χ2n) is 8.40. The van der Waals surface area contributed by atoms with E-state index in [0.717, 1.165) is 17.0 Å². The zero-order valence-electron chi connectivity index (χ0n) is 18.5. The van der Waals surface area contributed by atoms with E-state index in [1.807, 2.05) is 6.07 Å². The lowest BCUT2D eigenvalue weighted by Crippen LogP contribution is -2.56. The molecule has 0 aliphatic carbocycles. The Morgan fingerprint density at radius 2 is 2.03 bits per heavy atom. The SMILES string of the molecule is N#CCC1(n2nc(Nc3ccc(C(O)C(F)(F)F)cc3)c3c(=O)[nH]ccc32)CCN(C(=O)O)CC1F. The van der Waals surface area contributed by atoms with Crippen LogP contribution in [0, 0.1) is 11.3 Å². The number of likely N-dealkylation sites (tertiary alicyclic amines) is 1. The van der Waals surface area contributed by atoms with E-state index in [1.54, 1.807) is 0 Å². The summed E-state index contributed by atoms with van der Waals surface area (Å²) in [7, 11) is 0. The zero-order chi connectivity index (χ0) is 26.3. The molecule has 1 aliphatic heterocycles. The minimum absolute atomic E-state index is 0.0158. The van der Waals surface area contributed by atoms with E-state index in [1.165, 1.54) is 29.1 Å². The van der Waals surface area contributed by atoms with Crippen molar-refractivity contribution >= 4 is 28.5 Å². The number of nitrogens with one attached hydrogen (secondary N) is 2. The molecule has 1 aliphatic rings. The van der Waals surface area contributed by atoms with Crippen LogP contribution in [0.3, 0.4) is 0 Å². The maximum atomic E-state index is 15.5. The van der Waals surface area contributed by atoms with Crippen molar-refractivity contribution in [1.82, 2.24) is 19.7 Å². The summed E-state index contributed by atoms with van der Waals surface area (Å²) < 4.78 is 55.1. The van der Waals surface area contributed by atoms with Gasteiger partial charge in [-0.05, 0) is 30.2 Å². The molecule has 10 nitrogen and oxygen atoms in total. The first-order valence-electron chi connectivity index (χ1n) is 10.7. The number of carboxylic acid groups (broad SMARTS) is 1. The number of aliphatic hydroxyl groups excluding tert-OH is 1. The average molecular weight is 508 g/mol. The molecule has 3 aromatic rings. The number of rotatable bonds is 5. The highest BCUT2D eigenvalue weighted by atomic mass is 19.4. The normalized spacial score (nSPS) is 21.2. The summed E-state index contributed by atoms with van der Waals surface area (Å²) in [6.07, 6.45) is -9.74. The fraction of sp³-hybridized carbons (Fsp3) is 0.364. The summed E-state index contributed by atoms with van der Waals surface area (Å²) in [5, 5.41) is 35.3. The van der Waals surface area contributed by atoms with Gasteiger partial charge in [0.25, 0.3) is 5.56 Å². The summed E-state index contributed by atoms with van der Waals surface area (Å²) >= 11 is 0. The van der Waals surface area contributed by atoms with Crippen molar-refractivity contribution in [3.05, 3.63) is 52.4 Å². The number of H-pyrrole nitrogens is 1. The average Bonchev–Trinajstić information content (AvgIpc) is 3.20. The van der Waals surface area contributed by atoms with Crippen LogP contribution in [0.5, 0.6) is 0 Å². The highest BCUT2D eigenvalue weighted by Crippen LogP contribution is 2.39. The molecule has 1 fully saturated rings. The van der Waals surface area contributed by atoms with Crippen LogP contribution in [0.15, 0.2) is 41.3 Å². The molecule has 0 spiro atoms. The van der Waals surface area contributed by atoms with Crippen LogP contribution in [0.2, 0.25) is 0 Å². The van der Waals surface area contributed by atoms with Gasteiger partial charge in [0.1, 0.15) is 17.1 Å². The van der Waals surface area contributed by atoms with Gasteiger partial charge < -0.3 is 25.4 Å². The topological polar surface area (TPSA) is 147 Å². The van der Waals surface area contributed by atoms with Gasteiger partial charge in [-0.3, -0.25) is 9.48 Å². The minimum atomic E-state index is -4.84. The molecular formula is C22H20F4N6O4. The van der Waals surface area contributed by atoms with Gasteiger partial charge in [-0.2, -0.15) is 23.5 Å². The molecular weight excluding hydrogens is 488 g/mol. The molecule has 1 saturated heterocycles. The lowest BCUT2D eigenvalue weighted by Gasteiger charge is -2.42. The Morgan fingerprint density at radius 1 is 1.33 bits per heavy atom. The van der Waals surface area contributed by atoms with Crippen molar-refractivity contribution in [3.63, 3.8) is 0 Å². The Bertz CT molecular complexity index is 1380. The molecule has 3 heterocycles. The number of amides is 1. The first-order valence-corrected chi connectivity index (χ1v) is 10.7. The predicted molar refractivity (Wildman–Crippen MR) is 118 cm³/mol. The number of alkyl halides is 4. The Morgan fingerprint density at radius 3 is 2.61 bits per heavy atom. The van der Waals surface area contributed by atoms with Crippen LogP contribution < -0.4 is 10.9 Å². The van der Waals surface area contributed by atoms with Gasteiger partial charge in [0.15, 0.2) is 11.9 Å². The van der Waals surface area contributed by atoms with E-state index >= 15 is 4.39 Å². The molecule has 2 aromatic heterocycles. The van der Waals surface area contributed by atoms with E-state index in [-0.39, 0.29) is 47.4 Å². The van der Waals surface area contributed by atoms with Crippen molar-refractivity contribution in [2.75, 3.05) is 18.4 Å². The van der Waals surface area contributed by atoms with Gasteiger partial charge in [0.2, 0.25) is 0 Å². The quantitative estimate of drug-likeness (QED) is 0.386. The van der Waals surface area contributed by atoms with Crippen LogP contribution in [-0.4, -0.2) is 61.4 Å². The summed E-state index contributed by atoms with van der Waals surface area (Å²) in [5.41, 5.74) is -2.12. The number of hydrogen-bond acceptors (Lipinski definition) is 6. The first kappa shape index (κ1) is 25.0. The Labute approximate surface area is 200 Å². The molecule has 1 amide bonds. The number of fused-ring (bicyclic) bond motifs is 1. The molecule has 36 heavy (non-hydrogen) atoms. The Hall–Kier alpha value is -4.12. The fourth-order valence-corrected chi connectivity index (χ4v) is 4.34. The van der Waals surface area contributed by atoms with Crippen molar-refractivity contribution in [2.24, 2.45) is 0 Å². The molecule has 190 valence electrons. The number of benzene rings is 1. The number of piperidine rings is 1. The largest absolute Gasteiger partial charge is 0.465 e. The van der Waals surface area contributed by atoms with Crippen LogP contribution in [0.4, 0.5) is 33.9 Å². The number of anilines is 2. The maximum absolute atomic E-state index is 15.5. The molecule has 0 bridgehead atoms. The number of pyridine rings is 1. The van der Waals surface area contributed by atoms with Crippen molar-refractivity contribution in [3.8, 4) is 6.07 Å². The van der Waals surface area contributed by atoms with E-state index in [9.17, 15) is 38.2 Å². The molecule has 4 N–H and O–H groups in total. The summed E-state index contributed by atoms with van der Waals surface area (Å²) in [5.74, 6) is -0.0406. The van der Waals surface area contributed by atoms with E-state index in [2.05, 4.69) is 15.4 Å². The maximum Gasteiger partial charge on any atom is 0.418 e. The zero-order valence-corrected chi connectivity index (χ0v) is 18.5. The first-order chi connectivity index (χ1) is 17.0. The molecule has 0 saturated carbocycles. The van der Waals surface area contributed by atoms with Crippen molar-refractivity contribution in [1.29, 1.82) is 5.26 Å². The molecule has 3 atom stereocenters. The van der Waals surface area contributed by atoms with E-state index in [4.69, 9.17) is 0 Å². The summed E-state index contributed by atoms with van der Waals surface area (Å²) in [6, 6.07) is 8.01. The number of aliphatic hydroxyl groups is 1. The third-order valence-corrected chi connectivity index (χ3v) is 6.26. The molecule has 1 aromatic carbocycles. The summed E-state index contributed by atoms with van der Waals surface area (Å²) in [6.45, 7) is -0.555. The number of aromatic amines is 1. The van der Waals surface area contributed by atoms with E-state index < -0.39 is 42.2 Å². The van der Waals surface area contributed by atoms with Gasteiger partial charge in [-0.1, -0.05) is 12.1 Å². The Balaban J connectivity index is 1.76.